The van der Waals surface area contributed by atoms with Gasteiger partial charge in [0.05, 0.1) is 8.46 Å². The summed E-state index contributed by atoms with van der Waals surface area (Å²) in [5.41, 5.74) is 0. The predicted octanol–water partition coefficient (Wildman–Crippen LogP) is 0.459. The summed E-state index contributed by atoms with van der Waals surface area (Å²) in [5.74, 6) is 0. The van der Waals surface area contributed by atoms with Crippen molar-refractivity contribution in [3.05, 3.63) is 0 Å². The molecule has 0 aliphatic carbocycles. The molecule has 0 radical (unpaired) electrons. The average molecular weight is 116 g/mol. The molecule has 1 amide bonds. The Balaban J connectivity index is 2.16. The summed E-state index contributed by atoms with van der Waals surface area (Å²) in [6, 6.07) is 0. The van der Waals surface area contributed by atoms with Gasteiger partial charge in [0.1, 0.15) is 0 Å². The topological polar surface area (TPSA) is 29.5 Å². The molecule has 0 bridgehead atoms. The minimum Gasteiger partial charge on any atom is -0.453 e. The zero-order valence-electron chi connectivity index (χ0n) is 5.59. The molecular weight excluding hydrogens is 106 g/mol. The Bertz CT molecular complexity index is 114. The molecule has 0 N–H and O–H groups in total. The van der Waals surface area contributed by atoms with Crippen LogP contribution in [-0.2, 0) is 4.74 Å². The van der Waals surface area contributed by atoms with E-state index >= 15 is 0 Å². The number of ether oxygens (including phenoxy) is 1. The van der Waals surface area contributed by atoms with Crippen LogP contribution in [0.15, 0.2) is 0 Å². The van der Waals surface area contributed by atoms with Gasteiger partial charge in [0.25, 0.3) is 0 Å². The van der Waals surface area contributed by atoms with Crippen molar-refractivity contribution in [3.8, 4) is 0 Å². The van der Waals surface area contributed by atoms with Gasteiger partial charge < -0.3 is 9.64 Å². The molecule has 0 unspecified atom stereocenters. The second-order valence-electron chi connectivity index (χ2n) is 1.75. The van der Waals surface area contributed by atoms with Crippen molar-refractivity contribution in [2.75, 3.05) is 20.2 Å². The van der Waals surface area contributed by atoms with Gasteiger partial charge in [-0.05, 0) is 6.42 Å². The minimum absolute atomic E-state index is 0.269. The molecule has 1 aliphatic rings. The molecule has 0 aromatic rings. The van der Waals surface area contributed by atoms with Gasteiger partial charge in [0.15, 0.2) is 0 Å². The predicted molar refractivity (Wildman–Crippen MR) is 28.6 cm³/mol. The second-order valence-corrected chi connectivity index (χ2v) is 1.75. The maximum atomic E-state index is 10.6. The van der Waals surface area contributed by atoms with Crippen molar-refractivity contribution in [2.24, 2.45) is 0 Å². The minimum atomic E-state index is -0.351. The molecule has 0 atom stereocenters. The van der Waals surface area contributed by atoms with E-state index in [9.17, 15) is 4.79 Å². The Morgan fingerprint density at radius 1 is 1.88 bits per heavy atom. The number of amides is 1. The summed E-state index contributed by atoms with van der Waals surface area (Å²) in [6.45, 7) is 1.58. The first kappa shape index (κ1) is 4.18. The third-order valence-corrected chi connectivity index (χ3v) is 1.24. The molecule has 0 aromatic carbocycles. The lowest BCUT2D eigenvalue weighted by Crippen LogP contribution is -2.41. The molecule has 0 aromatic heterocycles. The fourth-order valence-corrected chi connectivity index (χ4v) is 0.590. The molecule has 1 saturated heterocycles. The lowest BCUT2D eigenvalue weighted by atomic mass is 10.2. The number of carbonyl (C=O) groups excluding carboxylic acids is 1. The van der Waals surface area contributed by atoms with E-state index in [1.807, 2.05) is 0 Å². The smallest absolute Gasteiger partial charge is 0.409 e. The van der Waals surface area contributed by atoms with Crippen LogP contribution in [0.4, 0.5) is 4.79 Å². The van der Waals surface area contributed by atoms with Crippen LogP contribution < -0.4 is 0 Å². The molecule has 1 fully saturated rings. The van der Waals surface area contributed by atoms with Crippen molar-refractivity contribution in [2.45, 2.75) is 6.42 Å². The van der Waals surface area contributed by atoms with E-state index in [0.29, 0.717) is 0 Å². The van der Waals surface area contributed by atoms with Gasteiger partial charge in [0, 0.05) is 13.1 Å². The van der Waals surface area contributed by atoms with Crippen LogP contribution in [0.2, 0.25) is 0 Å². The normalized spacial score (nSPS) is 19.0. The first-order chi connectivity index (χ1) is 4.34. The lowest BCUT2D eigenvalue weighted by Gasteiger charge is -2.28. The molecule has 1 aliphatic heterocycles. The summed E-state index contributed by atoms with van der Waals surface area (Å²) in [5, 5.41) is 0. The number of likely N-dealkylation sites (tertiary alicyclic amines) is 1. The SMILES string of the molecule is [2H]COC(=O)N1CCC1. The van der Waals surface area contributed by atoms with E-state index in [2.05, 4.69) is 4.74 Å². The van der Waals surface area contributed by atoms with E-state index in [-0.39, 0.29) is 13.2 Å². The molecule has 0 saturated carbocycles. The number of hydrogen-bond acceptors (Lipinski definition) is 2. The second kappa shape index (κ2) is 2.03. The van der Waals surface area contributed by atoms with Crippen LogP contribution in [0.25, 0.3) is 0 Å². The van der Waals surface area contributed by atoms with E-state index in [1.54, 1.807) is 4.90 Å². The molecule has 1 heterocycles. The number of carbonyl (C=O) groups is 1. The van der Waals surface area contributed by atoms with Crippen LogP contribution in [0, 0.1) is 0 Å². The summed E-state index contributed by atoms with van der Waals surface area (Å²) in [4.78, 5) is 12.2. The van der Waals surface area contributed by atoms with Gasteiger partial charge in [-0.2, -0.15) is 0 Å². The monoisotopic (exact) mass is 116 g/mol. The first-order valence-electron chi connectivity index (χ1n) is 3.26. The number of rotatable bonds is 0. The van der Waals surface area contributed by atoms with Crippen LogP contribution in [0.3, 0.4) is 0 Å². The molecule has 0 spiro atoms. The van der Waals surface area contributed by atoms with Crippen molar-refractivity contribution in [1.82, 2.24) is 4.90 Å². The largest absolute Gasteiger partial charge is 0.453 e. The van der Waals surface area contributed by atoms with Crippen molar-refractivity contribution >= 4 is 6.09 Å². The molecule has 46 valence electrons. The van der Waals surface area contributed by atoms with Gasteiger partial charge in [-0.25, -0.2) is 4.79 Å². The summed E-state index contributed by atoms with van der Waals surface area (Å²) >= 11 is 0. The van der Waals surface area contributed by atoms with E-state index in [4.69, 9.17) is 1.37 Å². The number of hydrogen-bond donors (Lipinski definition) is 0. The highest BCUT2D eigenvalue weighted by molar-refractivity contribution is 5.68. The Hall–Kier alpha value is -0.730. The first-order valence-corrected chi connectivity index (χ1v) is 2.55. The Morgan fingerprint density at radius 3 is 3.00 bits per heavy atom. The average Bonchev–Trinajstić information content (AvgIpc) is 1.60. The van der Waals surface area contributed by atoms with Gasteiger partial charge in [-0.15, -0.1) is 0 Å². The Morgan fingerprint density at radius 2 is 2.62 bits per heavy atom. The quantitative estimate of drug-likeness (QED) is 0.460. The van der Waals surface area contributed by atoms with Gasteiger partial charge in [-0.1, -0.05) is 0 Å². The fraction of sp³-hybridized carbons (Fsp3) is 0.800. The van der Waals surface area contributed by atoms with E-state index in [1.165, 1.54) is 0 Å². The highest BCUT2D eigenvalue weighted by atomic mass is 16.5. The van der Waals surface area contributed by atoms with Gasteiger partial charge >= 0.3 is 6.09 Å². The van der Waals surface area contributed by atoms with E-state index < -0.39 is 0 Å². The highest BCUT2D eigenvalue weighted by Gasteiger charge is 2.19. The Labute approximate surface area is 49.6 Å². The van der Waals surface area contributed by atoms with Crippen LogP contribution in [0.1, 0.15) is 7.79 Å². The third kappa shape index (κ3) is 0.757. The van der Waals surface area contributed by atoms with Crippen molar-refractivity contribution < 1.29 is 10.9 Å². The van der Waals surface area contributed by atoms with Gasteiger partial charge in [0.2, 0.25) is 0 Å². The summed E-state index contributed by atoms with van der Waals surface area (Å²) in [6.07, 6.45) is 0.712. The summed E-state index contributed by atoms with van der Waals surface area (Å²) < 4.78 is 11.0. The van der Waals surface area contributed by atoms with Crippen LogP contribution >= 0.6 is 0 Å². The van der Waals surface area contributed by atoms with Gasteiger partial charge in [-0.3, -0.25) is 0 Å². The number of methoxy groups -OCH3 is 1. The Kier molecular flexibility index (Phi) is 1.06. The summed E-state index contributed by atoms with van der Waals surface area (Å²) in [7, 11) is -0.269. The van der Waals surface area contributed by atoms with Crippen molar-refractivity contribution in [3.63, 3.8) is 0 Å². The molecule has 8 heavy (non-hydrogen) atoms. The van der Waals surface area contributed by atoms with Crippen LogP contribution in [0.5, 0.6) is 0 Å². The highest BCUT2D eigenvalue weighted by Crippen LogP contribution is 2.05. The number of nitrogens with zero attached hydrogens (tertiary/aromatic N) is 1. The maximum Gasteiger partial charge on any atom is 0.409 e. The molecular formula is C5H9NO2. The standard InChI is InChI=1S/C5H9NO2/c1-8-5(7)6-3-2-4-6/h2-4H2,1H3/i1D. The molecule has 1 rings (SSSR count). The third-order valence-electron chi connectivity index (χ3n) is 1.24. The van der Waals surface area contributed by atoms with E-state index in [0.717, 1.165) is 19.5 Å². The fourth-order valence-electron chi connectivity index (χ4n) is 0.590. The van der Waals surface area contributed by atoms with Crippen molar-refractivity contribution in [1.29, 1.82) is 0 Å². The molecule has 3 nitrogen and oxygen atoms in total. The zero-order valence-corrected chi connectivity index (χ0v) is 4.59. The van der Waals surface area contributed by atoms with Crippen LogP contribution in [-0.4, -0.2) is 31.2 Å². The lowest BCUT2D eigenvalue weighted by molar-refractivity contribution is 0.0991. The maximum absolute atomic E-state index is 10.6. The molecule has 3 heteroatoms. The zero-order chi connectivity index (χ0) is 6.69.